The Labute approximate surface area is 96.6 Å². The molecule has 1 aromatic rings. The van der Waals surface area contributed by atoms with E-state index in [1.165, 1.54) is 0 Å². The molecule has 1 aromatic heterocycles. The van der Waals surface area contributed by atoms with Crippen molar-refractivity contribution in [2.24, 2.45) is 7.05 Å². The molecule has 0 unspecified atom stereocenters. The van der Waals surface area contributed by atoms with Crippen LogP contribution in [-0.2, 0) is 23.0 Å². The highest BCUT2D eigenvalue weighted by Crippen LogP contribution is 2.13. The number of rotatable bonds is 6. The van der Waals surface area contributed by atoms with Gasteiger partial charge in [-0.3, -0.25) is 9.48 Å². The zero-order valence-corrected chi connectivity index (χ0v) is 10.5. The third-order valence-electron chi connectivity index (χ3n) is 2.84. The summed E-state index contributed by atoms with van der Waals surface area (Å²) in [6.45, 7) is 4.60. The Balaban J connectivity index is 2.56. The SMILES string of the molecule is COCCCC(=O)Cc1c(C)nn(C)c1C. The van der Waals surface area contributed by atoms with Crippen LogP contribution in [0.15, 0.2) is 0 Å². The summed E-state index contributed by atoms with van der Waals surface area (Å²) in [4.78, 5) is 11.7. The van der Waals surface area contributed by atoms with E-state index >= 15 is 0 Å². The Morgan fingerprint density at radius 1 is 1.44 bits per heavy atom. The van der Waals surface area contributed by atoms with Gasteiger partial charge in [-0.05, 0) is 20.3 Å². The first-order valence-electron chi connectivity index (χ1n) is 5.56. The maximum Gasteiger partial charge on any atom is 0.137 e. The van der Waals surface area contributed by atoms with Gasteiger partial charge in [0.1, 0.15) is 5.78 Å². The molecule has 0 aliphatic heterocycles. The van der Waals surface area contributed by atoms with Crippen molar-refractivity contribution in [3.63, 3.8) is 0 Å². The molecule has 0 amide bonds. The van der Waals surface area contributed by atoms with Gasteiger partial charge in [0.05, 0.1) is 5.69 Å². The molecule has 16 heavy (non-hydrogen) atoms. The van der Waals surface area contributed by atoms with E-state index in [4.69, 9.17) is 4.74 Å². The molecule has 0 saturated heterocycles. The molecule has 0 aromatic carbocycles. The molecule has 4 heteroatoms. The number of Topliss-reactive ketones (excluding diaryl/α,β-unsaturated/α-hetero) is 1. The lowest BCUT2D eigenvalue weighted by Gasteiger charge is -2.02. The van der Waals surface area contributed by atoms with Crippen LogP contribution in [0.25, 0.3) is 0 Å². The van der Waals surface area contributed by atoms with Crippen molar-refractivity contribution >= 4 is 5.78 Å². The minimum Gasteiger partial charge on any atom is -0.385 e. The maximum atomic E-state index is 11.7. The van der Waals surface area contributed by atoms with Crippen molar-refractivity contribution in [3.05, 3.63) is 17.0 Å². The van der Waals surface area contributed by atoms with Gasteiger partial charge in [0.25, 0.3) is 0 Å². The first-order valence-corrected chi connectivity index (χ1v) is 5.56. The summed E-state index contributed by atoms with van der Waals surface area (Å²) in [6, 6.07) is 0. The number of methoxy groups -OCH3 is 1. The summed E-state index contributed by atoms with van der Waals surface area (Å²) < 4.78 is 6.75. The van der Waals surface area contributed by atoms with Gasteiger partial charge >= 0.3 is 0 Å². The Morgan fingerprint density at radius 2 is 2.12 bits per heavy atom. The van der Waals surface area contributed by atoms with Crippen LogP contribution < -0.4 is 0 Å². The molecule has 1 heterocycles. The number of ketones is 1. The minimum atomic E-state index is 0.260. The van der Waals surface area contributed by atoms with Gasteiger partial charge in [0, 0.05) is 44.9 Å². The van der Waals surface area contributed by atoms with Gasteiger partial charge in [-0.2, -0.15) is 5.10 Å². The number of hydrogen-bond acceptors (Lipinski definition) is 3. The fourth-order valence-electron chi connectivity index (χ4n) is 1.77. The number of ether oxygens (including phenoxy) is 1. The lowest BCUT2D eigenvalue weighted by atomic mass is 10.0. The van der Waals surface area contributed by atoms with Crippen molar-refractivity contribution in [2.45, 2.75) is 33.1 Å². The van der Waals surface area contributed by atoms with Crippen LogP contribution in [0, 0.1) is 13.8 Å². The lowest BCUT2D eigenvalue weighted by molar-refractivity contribution is -0.118. The molecule has 0 saturated carbocycles. The summed E-state index contributed by atoms with van der Waals surface area (Å²) in [7, 11) is 3.56. The van der Waals surface area contributed by atoms with Crippen molar-refractivity contribution in [1.82, 2.24) is 9.78 Å². The van der Waals surface area contributed by atoms with E-state index in [1.807, 2.05) is 25.6 Å². The smallest absolute Gasteiger partial charge is 0.137 e. The van der Waals surface area contributed by atoms with Crippen molar-refractivity contribution in [2.75, 3.05) is 13.7 Å². The zero-order chi connectivity index (χ0) is 12.1. The summed E-state index contributed by atoms with van der Waals surface area (Å²) in [5.74, 6) is 0.260. The highest BCUT2D eigenvalue weighted by atomic mass is 16.5. The number of carbonyl (C=O) groups is 1. The van der Waals surface area contributed by atoms with Gasteiger partial charge in [0.15, 0.2) is 0 Å². The summed E-state index contributed by atoms with van der Waals surface area (Å²) in [5, 5.41) is 4.30. The maximum absolute atomic E-state index is 11.7. The second kappa shape index (κ2) is 5.80. The van der Waals surface area contributed by atoms with Crippen molar-refractivity contribution in [3.8, 4) is 0 Å². The minimum absolute atomic E-state index is 0.260. The number of carbonyl (C=O) groups excluding carboxylic acids is 1. The van der Waals surface area contributed by atoms with E-state index < -0.39 is 0 Å². The molecular formula is C12H20N2O2. The van der Waals surface area contributed by atoms with Crippen molar-refractivity contribution < 1.29 is 9.53 Å². The first kappa shape index (κ1) is 12.9. The molecule has 0 aliphatic rings. The Morgan fingerprint density at radius 3 is 2.62 bits per heavy atom. The normalized spacial score (nSPS) is 10.8. The van der Waals surface area contributed by atoms with Crippen LogP contribution in [0.2, 0.25) is 0 Å². The molecule has 1 rings (SSSR count). The van der Waals surface area contributed by atoms with E-state index in [2.05, 4.69) is 5.10 Å². The summed E-state index contributed by atoms with van der Waals surface area (Å²) in [6.07, 6.45) is 1.88. The predicted molar refractivity (Wildman–Crippen MR) is 62.5 cm³/mol. The van der Waals surface area contributed by atoms with E-state index in [0.29, 0.717) is 19.4 Å². The van der Waals surface area contributed by atoms with E-state index in [9.17, 15) is 4.79 Å². The molecule has 90 valence electrons. The fourth-order valence-corrected chi connectivity index (χ4v) is 1.77. The monoisotopic (exact) mass is 224 g/mol. The second-order valence-electron chi connectivity index (χ2n) is 4.08. The molecule has 0 spiro atoms. The summed E-state index contributed by atoms with van der Waals surface area (Å²) >= 11 is 0. The Hall–Kier alpha value is -1.16. The Bertz CT molecular complexity index is 369. The summed E-state index contributed by atoms with van der Waals surface area (Å²) in [5.41, 5.74) is 3.11. The van der Waals surface area contributed by atoms with Crippen LogP contribution in [0.5, 0.6) is 0 Å². The van der Waals surface area contributed by atoms with Gasteiger partial charge in [-0.25, -0.2) is 0 Å². The highest BCUT2D eigenvalue weighted by molar-refractivity contribution is 5.81. The molecule has 0 radical (unpaired) electrons. The van der Waals surface area contributed by atoms with Crippen LogP contribution in [0.1, 0.15) is 29.8 Å². The van der Waals surface area contributed by atoms with Crippen molar-refractivity contribution in [1.29, 1.82) is 0 Å². The van der Waals surface area contributed by atoms with Gasteiger partial charge < -0.3 is 4.74 Å². The number of aromatic nitrogens is 2. The average molecular weight is 224 g/mol. The quantitative estimate of drug-likeness (QED) is 0.689. The molecule has 0 bridgehead atoms. The third kappa shape index (κ3) is 3.17. The number of aryl methyl sites for hydroxylation is 2. The number of nitrogens with zero attached hydrogens (tertiary/aromatic N) is 2. The van der Waals surface area contributed by atoms with E-state index in [1.54, 1.807) is 7.11 Å². The predicted octanol–water partition coefficient (Wildman–Crippen LogP) is 1.58. The van der Waals surface area contributed by atoms with E-state index in [-0.39, 0.29) is 5.78 Å². The molecule has 4 nitrogen and oxygen atoms in total. The van der Waals surface area contributed by atoms with Crippen LogP contribution in [0.4, 0.5) is 0 Å². The molecular weight excluding hydrogens is 204 g/mol. The van der Waals surface area contributed by atoms with Crippen LogP contribution in [0.3, 0.4) is 0 Å². The van der Waals surface area contributed by atoms with Gasteiger partial charge in [-0.15, -0.1) is 0 Å². The molecule has 0 atom stereocenters. The largest absolute Gasteiger partial charge is 0.385 e. The number of hydrogen-bond donors (Lipinski definition) is 0. The highest BCUT2D eigenvalue weighted by Gasteiger charge is 2.12. The molecule has 0 fully saturated rings. The third-order valence-corrected chi connectivity index (χ3v) is 2.84. The topological polar surface area (TPSA) is 44.1 Å². The van der Waals surface area contributed by atoms with Crippen LogP contribution in [-0.4, -0.2) is 29.3 Å². The van der Waals surface area contributed by atoms with Crippen LogP contribution >= 0.6 is 0 Å². The first-order chi connectivity index (χ1) is 7.56. The van der Waals surface area contributed by atoms with Gasteiger partial charge in [0.2, 0.25) is 0 Å². The lowest BCUT2D eigenvalue weighted by Crippen LogP contribution is -2.06. The van der Waals surface area contributed by atoms with E-state index in [0.717, 1.165) is 23.4 Å². The second-order valence-corrected chi connectivity index (χ2v) is 4.08. The Kier molecular flexibility index (Phi) is 4.68. The molecule has 0 N–H and O–H groups in total. The molecule has 0 aliphatic carbocycles. The standard InChI is InChI=1S/C12H20N2O2/c1-9-12(10(2)14(3)13-9)8-11(15)6-5-7-16-4/h5-8H2,1-4H3. The fraction of sp³-hybridized carbons (Fsp3) is 0.667. The zero-order valence-electron chi connectivity index (χ0n) is 10.5. The van der Waals surface area contributed by atoms with Gasteiger partial charge in [-0.1, -0.05) is 0 Å². The average Bonchev–Trinajstić information content (AvgIpc) is 2.46.